The lowest BCUT2D eigenvalue weighted by Crippen LogP contribution is -2.36. The first-order valence-electron chi connectivity index (χ1n) is 11.7. The second kappa shape index (κ2) is 8.60. The van der Waals surface area contributed by atoms with Crippen LogP contribution in [0.1, 0.15) is 39.2 Å². The first kappa shape index (κ1) is 22.5. The van der Waals surface area contributed by atoms with Gasteiger partial charge in [0, 0.05) is 35.6 Å². The van der Waals surface area contributed by atoms with E-state index in [1.54, 1.807) is 32.7 Å². The number of cyclic esters (lactones) is 1. The van der Waals surface area contributed by atoms with Crippen LogP contribution in [-0.2, 0) is 11.2 Å². The number of likely N-dealkylation sites (N-methyl/N-ethyl adjacent to an activating group) is 1. The van der Waals surface area contributed by atoms with Gasteiger partial charge in [0.1, 0.15) is 11.7 Å². The van der Waals surface area contributed by atoms with Crippen molar-refractivity contribution in [3.8, 4) is 39.9 Å². The third-order valence-corrected chi connectivity index (χ3v) is 7.19. The van der Waals surface area contributed by atoms with Crippen LogP contribution in [0.25, 0.3) is 11.1 Å². The molecule has 0 spiro atoms. The normalized spacial score (nSPS) is 19.9. The molecule has 4 heterocycles. The number of aromatic nitrogens is 1. The smallest absolute Gasteiger partial charge is 0.343 e. The van der Waals surface area contributed by atoms with Gasteiger partial charge in [-0.25, -0.2) is 4.79 Å². The highest BCUT2D eigenvalue weighted by Crippen LogP contribution is 2.58. The molecule has 3 aliphatic rings. The first-order chi connectivity index (χ1) is 17.6. The van der Waals surface area contributed by atoms with Gasteiger partial charge >= 0.3 is 5.97 Å². The molecule has 0 fully saturated rings. The second-order valence-electron chi connectivity index (χ2n) is 8.87. The van der Waals surface area contributed by atoms with E-state index in [0.717, 1.165) is 40.8 Å². The fourth-order valence-electron chi connectivity index (χ4n) is 5.66. The number of carbonyl (C=O) groups is 1. The summed E-state index contributed by atoms with van der Waals surface area (Å²) < 4.78 is 34.9. The molecule has 0 unspecified atom stereocenters. The summed E-state index contributed by atoms with van der Waals surface area (Å²) in [6.07, 6.45) is 3.69. The predicted molar refractivity (Wildman–Crippen MR) is 129 cm³/mol. The van der Waals surface area contributed by atoms with Crippen LogP contribution in [0.15, 0.2) is 36.7 Å². The Morgan fingerprint density at radius 3 is 2.42 bits per heavy atom. The van der Waals surface area contributed by atoms with E-state index in [1.807, 2.05) is 25.2 Å². The number of pyridine rings is 1. The summed E-state index contributed by atoms with van der Waals surface area (Å²) in [4.78, 5) is 19.5. The van der Waals surface area contributed by atoms with E-state index in [0.29, 0.717) is 34.3 Å². The summed E-state index contributed by atoms with van der Waals surface area (Å²) in [6.45, 7) is 0.848. The molecule has 0 aliphatic carbocycles. The molecular formula is C27H26N2O7. The van der Waals surface area contributed by atoms with Crippen LogP contribution in [0.5, 0.6) is 28.7 Å². The van der Waals surface area contributed by atoms with Crippen LogP contribution in [0, 0.1) is 0 Å². The van der Waals surface area contributed by atoms with Crippen LogP contribution in [0.2, 0.25) is 0 Å². The van der Waals surface area contributed by atoms with E-state index in [2.05, 4.69) is 9.88 Å². The number of hydrogen-bond donors (Lipinski definition) is 0. The van der Waals surface area contributed by atoms with Crippen molar-refractivity contribution in [2.45, 2.75) is 18.6 Å². The molecule has 0 saturated heterocycles. The van der Waals surface area contributed by atoms with E-state index in [9.17, 15) is 4.79 Å². The van der Waals surface area contributed by atoms with Gasteiger partial charge in [0.25, 0.3) is 0 Å². The molecular weight excluding hydrogens is 464 g/mol. The third-order valence-electron chi connectivity index (χ3n) is 7.19. The maximum Gasteiger partial charge on any atom is 0.343 e. The molecule has 0 amide bonds. The van der Waals surface area contributed by atoms with E-state index in [1.165, 1.54) is 7.11 Å². The summed E-state index contributed by atoms with van der Waals surface area (Å²) in [5.41, 5.74) is 5.06. The molecule has 186 valence electrons. The summed E-state index contributed by atoms with van der Waals surface area (Å²) in [6, 6.07) is 7.26. The largest absolute Gasteiger partial charge is 0.493 e. The minimum atomic E-state index is -0.587. The van der Waals surface area contributed by atoms with Crippen LogP contribution in [-0.4, -0.2) is 57.6 Å². The Morgan fingerprint density at radius 1 is 0.944 bits per heavy atom. The SMILES string of the molecule is COc1ccc2c(c1OC)C(=O)O[C@@H]2[C@H]1c2c(c(-c3ccncc3)c3c(c2OC)OCO3)CCN1C. The van der Waals surface area contributed by atoms with E-state index >= 15 is 0 Å². The number of nitrogens with zero attached hydrogens (tertiary/aromatic N) is 2. The molecule has 2 aromatic carbocycles. The molecule has 3 aromatic rings. The Bertz CT molecular complexity index is 1360. The number of hydrogen-bond acceptors (Lipinski definition) is 9. The molecule has 2 atom stereocenters. The summed E-state index contributed by atoms with van der Waals surface area (Å²) in [5, 5.41) is 0. The zero-order chi connectivity index (χ0) is 25.0. The first-order valence-corrected chi connectivity index (χ1v) is 11.7. The van der Waals surface area contributed by atoms with Gasteiger partial charge in [-0.05, 0) is 42.8 Å². The number of benzene rings is 2. The van der Waals surface area contributed by atoms with Crippen molar-refractivity contribution >= 4 is 5.97 Å². The quantitative estimate of drug-likeness (QED) is 0.494. The number of carbonyl (C=O) groups excluding carboxylic acids is 1. The maximum absolute atomic E-state index is 13.2. The highest BCUT2D eigenvalue weighted by atomic mass is 16.7. The van der Waals surface area contributed by atoms with Crippen LogP contribution in [0.3, 0.4) is 0 Å². The third kappa shape index (κ3) is 3.12. The Hall–Kier alpha value is -3.98. The zero-order valence-electron chi connectivity index (χ0n) is 20.5. The second-order valence-corrected chi connectivity index (χ2v) is 8.87. The molecule has 0 radical (unpaired) electrons. The van der Waals surface area contributed by atoms with Gasteiger partial charge in [-0.15, -0.1) is 0 Å². The molecule has 36 heavy (non-hydrogen) atoms. The van der Waals surface area contributed by atoms with Crippen LogP contribution in [0.4, 0.5) is 0 Å². The Kier molecular flexibility index (Phi) is 5.37. The van der Waals surface area contributed by atoms with Crippen molar-refractivity contribution in [2.24, 2.45) is 0 Å². The van der Waals surface area contributed by atoms with Crippen molar-refractivity contribution in [3.63, 3.8) is 0 Å². The molecule has 0 saturated carbocycles. The average Bonchev–Trinajstić information content (AvgIpc) is 3.52. The van der Waals surface area contributed by atoms with Gasteiger partial charge in [0.05, 0.1) is 27.4 Å². The topological polar surface area (TPSA) is 88.6 Å². The van der Waals surface area contributed by atoms with Gasteiger partial charge in [0.2, 0.25) is 12.5 Å². The standard InChI is InChI=1S/C27H26N2O7/c1-29-12-9-15-18(14-7-10-28-11-8-14)25-26(35-13-34-25)24(33-4)19(15)21(29)22-16-5-6-17(31-2)23(32-3)20(16)27(30)36-22/h5-8,10-11,21-22H,9,12-13H2,1-4H3/t21-,22+/m1/s1. The number of rotatable bonds is 5. The monoisotopic (exact) mass is 490 g/mol. The van der Waals surface area contributed by atoms with Crippen molar-refractivity contribution < 1.29 is 33.2 Å². The van der Waals surface area contributed by atoms with Gasteiger partial charge in [-0.2, -0.15) is 0 Å². The molecule has 1 aromatic heterocycles. The van der Waals surface area contributed by atoms with Gasteiger partial charge in [0.15, 0.2) is 23.0 Å². The fourth-order valence-corrected chi connectivity index (χ4v) is 5.66. The van der Waals surface area contributed by atoms with Crippen molar-refractivity contribution in [1.82, 2.24) is 9.88 Å². The highest BCUT2D eigenvalue weighted by molar-refractivity contribution is 5.98. The number of esters is 1. The van der Waals surface area contributed by atoms with Crippen LogP contribution >= 0.6 is 0 Å². The average molecular weight is 491 g/mol. The maximum atomic E-state index is 13.2. The summed E-state index contributed by atoms with van der Waals surface area (Å²) >= 11 is 0. The summed E-state index contributed by atoms with van der Waals surface area (Å²) in [7, 11) is 6.71. The van der Waals surface area contributed by atoms with Gasteiger partial charge < -0.3 is 28.4 Å². The highest BCUT2D eigenvalue weighted by Gasteiger charge is 2.47. The van der Waals surface area contributed by atoms with E-state index < -0.39 is 12.1 Å². The lowest BCUT2D eigenvalue weighted by atomic mass is 9.81. The molecule has 9 heteroatoms. The molecule has 0 N–H and O–H groups in total. The minimum absolute atomic E-state index is 0.103. The lowest BCUT2D eigenvalue weighted by molar-refractivity contribution is 0.00877. The molecule has 6 rings (SSSR count). The Labute approximate surface area is 208 Å². The number of ether oxygens (including phenoxy) is 6. The van der Waals surface area contributed by atoms with Gasteiger partial charge in [-0.1, -0.05) is 6.07 Å². The van der Waals surface area contributed by atoms with E-state index in [4.69, 9.17) is 28.4 Å². The Balaban J connectivity index is 1.60. The van der Waals surface area contributed by atoms with Crippen molar-refractivity contribution in [1.29, 1.82) is 0 Å². The Morgan fingerprint density at radius 2 is 1.69 bits per heavy atom. The molecule has 3 aliphatic heterocycles. The lowest BCUT2D eigenvalue weighted by Gasteiger charge is -2.39. The zero-order valence-corrected chi connectivity index (χ0v) is 20.5. The minimum Gasteiger partial charge on any atom is -0.493 e. The van der Waals surface area contributed by atoms with Gasteiger partial charge in [-0.3, -0.25) is 9.88 Å². The van der Waals surface area contributed by atoms with Crippen LogP contribution < -0.4 is 23.7 Å². The fraction of sp³-hybridized carbons (Fsp3) is 0.333. The van der Waals surface area contributed by atoms with E-state index in [-0.39, 0.29) is 12.8 Å². The molecule has 0 bridgehead atoms. The van der Waals surface area contributed by atoms with Crippen molar-refractivity contribution in [3.05, 3.63) is 58.9 Å². The number of fused-ring (bicyclic) bond motifs is 3. The number of methoxy groups -OCH3 is 3. The van der Waals surface area contributed by atoms with Crippen molar-refractivity contribution in [2.75, 3.05) is 41.7 Å². The molecule has 9 nitrogen and oxygen atoms in total. The predicted octanol–water partition coefficient (Wildman–Crippen LogP) is 3.94. The summed E-state index contributed by atoms with van der Waals surface area (Å²) in [5.74, 6) is 2.22.